The van der Waals surface area contributed by atoms with Crippen LogP contribution in [0.3, 0.4) is 0 Å². The lowest BCUT2D eigenvalue weighted by Crippen LogP contribution is -2.18. The fourth-order valence-electron chi connectivity index (χ4n) is 6.00. The summed E-state index contributed by atoms with van der Waals surface area (Å²) in [5.74, 6) is 0.410. The quantitative estimate of drug-likeness (QED) is 0.0979. The summed E-state index contributed by atoms with van der Waals surface area (Å²) in [4.78, 5) is 11.5. The second-order valence-corrected chi connectivity index (χ2v) is 11.9. The zero-order valence-electron chi connectivity index (χ0n) is 25.3. The van der Waals surface area contributed by atoms with Crippen molar-refractivity contribution in [2.75, 3.05) is 0 Å². The average Bonchev–Trinajstić information content (AvgIpc) is 2.87. The van der Waals surface area contributed by atoms with Crippen molar-refractivity contribution in [2.24, 2.45) is 11.8 Å². The molecule has 0 saturated heterocycles. The van der Waals surface area contributed by atoms with Crippen molar-refractivity contribution in [3.63, 3.8) is 0 Å². The van der Waals surface area contributed by atoms with Crippen molar-refractivity contribution in [2.45, 2.75) is 201 Å². The molecule has 216 valence electrons. The maximum atomic E-state index is 11.5. The number of aliphatic carboxylic acids is 1. The smallest absolute Gasteiger partial charge is 0.303 e. The summed E-state index contributed by atoms with van der Waals surface area (Å²) < 4.78 is 0. The van der Waals surface area contributed by atoms with Crippen LogP contribution in [0.25, 0.3) is 0 Å². The summed E-state index contributed by atoms with van der Waals surface area (Å²) in [7, 11) is 0. The molecule has 0 fully saturated rings. The molecule has 0 saturated carbocycles. The zero-order chi connectivity index (χ0) is 26.5. The van der Waals surface area contributed by atoms with Gasteiger partial charge in [0.15, 0.2) is 0 Å². The van der Waals surface area contributed by atoms with Gasteiger partial charge in [0.05, 0.1) is 0 Å². The first-order valence-corrected chi connectivity index (χ1v) is 16.9. The number of carbonyl (C=O) groups is 1. The first kappa shape index (κ1) is 35.5. The number of hydrogen-bond donors (Lipinski definition) is 1. The van der Waals surface area contributed by atoms with Crippen LogP contribution in [-0.4, -0.2) is 11.1 Å². The fraction of sp³-hybridized carbons (Fsp3) is 0.971. The van der Waals surface area contributed by atoms with Crippen LogP contribution in [0.15, 0.2) is 0 Å². The van der Waals surface area contributed by atoms with E-state index in [2.05, 4.69) is 20.8 Å². The summed E-state index contributed by atoms with van der Waals surface area (Å²) in [6.45, 7) is 6.85. The molecule has 0 aliphatic carbocycles. The maximum Gasteiger partial charge on any atom is 0.303 e. The molecule has 0 radical (unpaired) electrons. The van der Waals surface area contributed by atoms with E-state index in [0.29, 0.717) is 18.3 Å². The van der Waals surface area contributed by atoms with E-state index < -0.39 is 5.97 Å². The van der Waals surface area contributed by atoms with Crippen molar-refractivity contribution >= 4 is 5.97 Å². The van der Waals surface area contributed by atoms with Gasteiger partial charge in [-0.15, -0.1) is 0 Å². The van der Waals surface area contributed by atoms with Gasteiger partial charge in [0.25, 0.3) is 0 Å². The number of carboxylic acid groups (broad SMARTS) is 1. The number of unbranched alkanes of at least 4 members (excludes halogenated alkanes) is 22. The van der Waals surface area contributed by atoms with E-state index in [0.717, 1.165) is 12.8 Å². The Morgan fingerprint density at radius 3 is 1.00 bits per heavy atom. The van der Waals surface area contributed by atoms with E-state index in [9.17, 15) is 9.90 Å². The highest BCUT2D eigenvalue weighted by Crippen LogP contribution is 2.30. The van der Waals surface area contributed by atoms with Gasteiger partial charge in [-0.05, 0) is 18.3 Å². The highest BCUT2D eigenvalue weighted by molar-refractivity contribution is 5.67. The molecule has 0 aromatic carbocycles. The van der Waals surface area contributed by atoms with Crippen LogP contribution in [0, 0.1) is 11.8 Å². The van der Waals surface area contributed by atoms with E-state index in [1.54, 1.807) is 0 Å². The lowest BCUT2D eigenvalue weighted by Gasteiger charge is -2.25. The topological polar surface area (TPSA) is 37.3 Å². The highest BCUT2D eigenvalue weighted by Gasteiger charge is 2.22. The Hall–Kier alpha value is -0.530. The minimum absolute atomic E-state index is 0.384. The molecule has 2 unspecified atom stereocenters. The Bertz CT molecular complexity index is 433. The molecule has 2 atom stereocenters. The number of carboxylic acids is 1. The van der Waals surface area contributed by atoms with Gasteiger partial charge in [-0.3, -0.25) is 4.79 Å². The van der Waals surface area contributed by atoms with Gasteiger partial charge >= 0.3 is 5.97 Å². The molecule has 0 aliphatic heterocycles. The van der Waals surface area contributed by atoms with E-state index in [1.807, 2.05) is 0 Å². The van der Waals surface area contributed by atoms with Gasteiger partial charge in [-0.1, -0.05) is 188 Å². The summed E-state index contributed by atoms with van der Waals surface area (Å²) >= 11 is 0. The van der Waals surface area contributed by atoms with Crippen LogP contribution in [0.4, 0.5) is 0 Å². The second-order valence-electron chi connectivity index (χ2n) is 11.9. The molecule has 0 aromatic rings. The summed E-state index contributed by atoms with van der Waals surface area (Å²) in [6.07, 6.45) is 37.1. The average molecular weight is 509 g/mol. The van der Waals surface area contributed by atoms with E-state index >= 15 is 0 Å². The Labute approximate surface area is 228 Å². The van der Waals surface area contributed by atoms with Gasteiger partial charge in [0.2, 0.25) is 0 Å². The SMILES string of the molecule is CCCCCCCCCCCCCCCC(CC(=O)O)C(CC)CCCCCCCCCCCCC. The van der Waals surface area contributed by atoms with Crippen LogP contribution in [-0.2, 0) is 4.79 Å². The first-order valence-electron chi connectivity index (χ1n) is 16.9. The monoisotopic (exact) mass is 509 g/mol. The highest BCUT2D eigenvalue weighted by atomic mass is 16.4. The minimum atomic E-state index is -0.591. The van der Waals surface area contributed by atoms with Gasteiger partial charge < -0.3 is 5.11 Å². The molecule has 1 N–H and O–H groups in total. The second kappa shape index (κ2) is 29.0. The van der Waals surface area contributed by atoms with Crippen molar-refractivity contribution in [1.82, 2.24) is 0 Å². The molecule has 0 spiro atoms. The molecule has 0 heterocycles. The van der Waals surface area contributed by atoms with E-state index in [4.69, 9.17) is 0 Å². The summed E-state index contributed by atoms with van der Waals surface area (Å²) in [6, 6.07) is 0. The van der Waals surface area contributed by atoms with Gasteiger partial charge in [-0.25, -0.2) is 0 Å². The van der Waals surface area contributed by atoms with Crippen LogP contribution in [0.1, 0.15) is 201 Å². The minimum Gasteiger partial charge on any atom is -0.481 e. The normalized spacial score (nSPS) is 13.2. The summed E-state index contributed by atoms with van der Waals surface area (Å²) in [5, 5.41) is 9.49. The Balaban J connectivity index is 3.82. The van der Waals surface area contributed by atoms with Crippen LogP contribution in [0.5, 0.6) is 0 Å². The maximum absolute atomic E-state index is 11.5. The third-order valence-electron chi connectivity index (χ3n) is 8.48. The van der Waals surface area contributed by atoms with Crippen LogP contribution < -0.4 is 0 Å². The predicted molar refractivity (Wildman–Crippen MR) is 161 cm³/mol. The zero-order valence-corrected chi connectivity index (χ0v) is 25.3. The first-order chi connectivity index (χ1) is 17.7. The standard InChI is InChI=1S/C34H68O2/c1-4-7-9-11-13-15-17-18-20-22-24-26-28-30-33(31-34(35)36)32(6-3)29-27-25-23-21-19-16-14-12-10-8-5-2/h32-33H,4-31H2,1-3H3,(H,35,36). The Kier molecular flexibility index (Phi) is 28.6. The Morgan fingerprint density at radius 1 is 0.444 bits per heavy atom. The van der Waals surface area contributed by atoms with Gasteiger partial charge in [0.1, 0.15) is 0 Å². The van der Waals surface area contributed by atoms with Crippen molar-refractivity contribution < 1.29 is 9.90 Å². The lowest BCUT2D eigenvalue weighted by molar-refractivity contribution is -0.138. The summed E-state index contributed by atoms with van der Waals surface area (Å²) in [5.41, 5.74) is 0. The molecule has 0 rings (SSSR count). The van der Waals surface area contributed by atoms with E-state index in [-0.39, 0.29) is 0 Å². The van der Waals surface area contributed by atoms with Crippen molar-refractivity contribution in [3.05, 3.63) is 0 Å². The molecule has 0 amide bonds. The third-order valence-corrected chi connectivity index (χ3v) is 8.48. The fourth-order valence-corrected chi connectivity index (χ4v) is 6.00. The van der Waals surface area contributed by atoms with E-state index in [1.165, 1.54) is 161 Å². The molecular weight excluding hydrogens is 440 g/mol. The molecule has 0 aliphatic rings. The van der Waals surface area contributed by atoms with Gasteiger partial charge in [0, 0.05) is 6.42 Å². The molecule has 2 nitrogen and oxygen atoms in total. The van der Waals surface area contributed by atoms with Gasteiger partial charge in [-0.2, -0.15) is 0 Å². The number of rotatable bonds is 30. The molecule has 2 heteroatoms. The molecular formula is C34H68O2. The van der Waals surface area contributed by atoms with Crippen molar-refractivity contribution in [3.8, 4) is 0 Å². The largest absolute Gasteiger partial charge is 0.481 e. The molecule has 0 bridgehead atoms. The Morgan fingerprint density at radius 2 is 0.722 bits per heavy atom. The lowest BCUT2D eigenvalue weighted by atomic mass is 9.80. The molecule has 0 aromatic heterocycles. The number of hydrogen-bond acceptors (Lipinski definition) is 1. The molecule has 36 heavy (non-hydrogen) atoms. The van der Waals surface area contributed by atoms with Crippen LogP contribution >= 0.6 is 0 Å². The predicted octanol–water partition coefficient (Wildman–Crippen LogP) is 12.3. The third kappa shape index (κ3) is 25.1. The van der Waals surface area contributed by atoms with Crippen molar-refractivity contribution in [1.29, 1.82) is 0 Å². The van der Waals surface area contributed by atoms with Crippen LogP contribution in [0.2, 0.25) is 0 Å².